The van der Waals surface area contributed by atoms with E-state index in [1.165, 1.54) is 64.2 Å². The average molecular weight is 457 g/mol. The van der Waals surface area contributed by atoms with Crippen molar-refractivity contribution in [3.05, 3.63) is 0 Å². The lowest BCUT2D eigenvalue weighted by atomic mass is 9.83. The van der Waals surface area contributed by atoms with Crippen molar-refractivity contribution in [1.82, 2.24) is 4.90 Å². The molecule has 0 aromatic rings. The molecule has 2 fully saturated rings. The number of aliphatic imine (C=N–C) groups is 1. The van der Waals surface area contributed by atoms with Gasteiger partial charge in [0.2, 0.25) is 0 Å². The summed E-state index contributed by atoms with van der Waals surface area (Å²) < 4.78 is 5.94. The quantitative estimate of drug-likeness (QED) is 0.265. The SMILES string of the molecule is CCCCCCCCCN=C1O[C@@H]2[C@H](O)[C@@H](O)[C@H](O)[C@@H](O)[C@@H]2N1CCCCCCCCC. The van der Waals surface area contributed by atoms with Gasteiger partial charge in [0.25, 0.3) is 6.02 Å². The van der Waals surface area contributed by atoms with E-state index in [-0.39, 0.29) is 0 Å². The Kier molecular flexibility index (Phi) is 12.9. The molecular weight excluding hydrogens is 408 g/mol. The smallest absolute Gasteiger partial charge is 0.288 e. The van der Waals surface area contributed by atoms with E-state index < -0.39 is 36.6 Å². The summed E-state index contributed by atoms with van der Waals surface area (Å²) in [5, 5.41) is 41.4. The highest BCUT2D eigenvalue weighted by atomic mass is 16.5. The number of ether oxygens (including phenoxy) is 1. The molecule has 1 aliphatic carbocycles. The fourth-order valence-corrected chi connectivity index (χ4v) is 4.87. The van der Waals surface area contributed by atoms with Crippen LogP contribution in [0.4, 0.5) is 0 Å². The summed E-state index contributed by atoms with van der Waals surface area (Å²) in [5.74, 6) is 0. The zero-order chi connectivity index (χ0) is 23.3. The van der Waals surface area contributed by atoms with Gasteiger partial charge in [-0.1, -0.05) is 90.9 Å². The van der Waals surface area contributed by atoms with Crippen molar-refractivity contribution < 1.29 is 25.2 Å². The first-order chi connectivity index (χ1) is 15.5. The number of fused-ring (bicyclic) bond motifs is 1. The first-order valence-corrected chi connectivity index (χ1v) is 13.2. The van der Waals surface area contributed by atoms with Crippen LogP contribution in [-0.4, -0.2) is 81.0 Å². The summed E-state index contributed by atoms with van der Waals surface area (Å²) in [7, 11) is 0. The molecule has 0 aromatic carbocycles. The molecule has 32 heavy (non-hydrogen) atoms. The molecule has 0 unspecified atom stereocenters. The number of nitrogens with zero attached hydrogens (tertiary/aromatic N) is 2. The maximum Gasteiger partial charge on any atom is 0.288 e. The van der Waals surface area contributed by atoms with Crippen LogP contribution in [0.1, 0.15) is 104 Å². The number of amidine groups is 1. The second kappa shape index (κ2) is 15.1. The molecule has 4 N–H and O–H groups in total. The first kappa shape index (κ1) is 27.4. The zero-order valence-corrected chi connectivity index (χ0v) is 20.4. The van der Waals surface area contributed by atoms with E-state index >= 15 is 0 Å². The molecule has 6 atom stereocenters. The summed E-state index contributed by atoms with van der Waals surface area (Å²) in [6.45, 7) is 5.75. The first-order valence-electron chi connectivity index (χ1n) is 13.2. The van der Waals surface area contributed by atoms with Crippen molar-refractivity contribution in [3.63, 3.8) is 0 Å². The third-order valence-electron chi connectivity index (χ3n) is 6.93. The van der Waals surface area contributed by atoms with Crippen molar-refractivity contribution >= 4 is 6.02 Å². The second-order valence-electron chi connectivity index (χ2n) is 9.64. The fourth-order valence-electron chi connectivity index (χ4n) is 4.87. The van der Waals surface area contributed by atoms with Crippen molar-refractivity contribution in [2.24, 2.45) is 4.99 Å². The number of rotatable bonds is 16. The zero-order valence-electron chi connectivity index (χ0n) is 20.4. The van der Waals surface area contributed by atoms with Crippen LogP contribution in [0.5, 0.6) is 0 Å². The third kappa shape index (κ3) is 7.86. The van der Waals surface area contributed by atoms with Gasteiger partial charge in [-0.15, -0.1) is 0 Å². The van der Waals surface area contributed by atoms with Crippen LogP contribution in [0.3, 0.4) is 0 Å². The fraction of sp³-hybridized carbons (Fsp3) is 0.960. The van der Waals surface area contributed by atoms with Crippen molar-refractivity contribution in [3.8, 4) is 0 Å². The van der Waals surface area contributed by atoms with Crippen molar-refractivity contribution in [2.75, 3.05) is 13.1 Å². The largest absolute Gasteiger partial charge is 0.457 e. The number of aliphatic hydroxyl groups excluding tert-OH is 4. The van der Waals surface area contributed by atoms with Crippen LogP contribution in [0.25, 0.3) is 0 Å². The maximum absolute atomic E-state index is 10.6. The lowest BCUT2D eigenvalue weighted by molar-refractivity contribution is -0.182. The van der Waals surface area contributed by atoms with E-state index in [0.29, 0.717) is 19.1 Å². The van der Waals surface area contributed by atoms with Gasteiger partial charge >= 0.3 is 0 Å². The molecule has 7 nitrogen and oxygen atoms in total. The number of hydrogen-bond acceptors (Lipinski definition) is 6. The maximum atomic E-state index is 10.6. The number of aliphatic hydroxyl groups is 4. The Morgan fingerprint density at radius 3 is 1.75 bits per heavy atom. The van der Waals surface area contributed by atoms with Crippen LogP contribution in [-0.2, 0) is 4.74 Å². The summed E-state index contributed by atoms with van der Waals surface area (Å²) in [6.07, 6.45) is 10.7. The molecular formula is C25H48N2O5. The standard InChI is InChI=1S/C25H48N2O5/c1-3-5-7-9-11-13-15-17-26-25-27(18-16-14-12-10-8-6-4-2)19-20(28)21(29)22(30)23(31)24(19)32-25/h19-24,28-31H,3-18H2,1-2H3/t19-,20-,21+,22-,23+,24-/m0/s1. The Labute approximate surface area is 194 Å². The predicted molar refractivity (Wildman–Crippen MR) is 128 cm³/mol. The van der Waals surface area contributed by atoms with Gasteiger partial charge in [-0.05, 0) is 12.8 Å². The Bertz CT molecular complexity index is 532. The molecule has 7 heteroatoms. The molecule has 2 rings (SSSR count). The van der Waals surface area contributed by atoms with Crippen LogP contribution in [0.15, 0.2) is 4.99 Å². The van der Waals surface area contributed by atoms with Gasteiger partial charge < -0.3 is 30.1 Å². The normalized spacial score (nSPS) is 31.2. The molecule has 0 radical (unpaired) electrons. The average Bonchev–Trinajstić information content (AvgIpc) is 3.16. The third-order valence-corrected chi connectivity index (χ3v) is 6.93. The Morgan fingerprint density at radius 1 is 0.656 bits per heavy atom. The van der Waals surface area contributed by atoms with Gasteiger partial charge in [0.15, 0.2) is 6.10 Å². The molecule has 1 saturated heterocycles. The van der Waals surface area contributed by atoms with Gasteiger partial charge in [-0.2, -0.15) is 0 Å². The minimum Gasteiger partial charge on any atom is -0.457 e. The van der Waals surface area contributed by atoms with Gasteiger partial charge in [-0.3, -0.25) is 0 Å². The Balaban J connectivity index is 1.90. The molecule has 0 spiro atoms. The van der Waals surface area contributed by atoms with E-state index in [4.69, 9.17) is 4.74 Å². The van der Waals surface area contributed by atoms with Gasteiger partial charge in [-0.25, -0.2) is 4.99 Å². The highest BCUT2D eigenvalue weighted by Gasteiger charge is 2.57. The summed E-state index contributed by atoms with van der Waals surface area (Å²) in [5.41, 5.74) is 0. The van der Waals surface area contributed by atoms with Crippen molar-refractivity contribution in [2.45, 2.75) is 140 Å². The second-order valence-corrected chi connectivity index (χ2v) is 9.64. The molecule has 188 valence electrons. The molecule has 1 heterocycles. The van der Waals surface area contributed by atoms with E-state index in [9.17, 15) is 20.4 Å². The summed E-state index contributed by atoms with van der Waals surface area (Å²) in [4.78, 5) is 6.57. The number of unbranched alkanes of at least 4 members (excludes halogenated alkanes) is 12. The molecule has 0 bridgehead atoms. The van der Waals surface area contributed by atoms with E-state index in [2.05, 4.69) is 18.8 Å². The minimum atomic E-state index is -1.42. The summed E-state index contributed by atoms with van der Waals surface area (Å²) in [6, 6.07) is -0.146. The monoisotopic (exact) mass is 456 g/mol. The van der Waals surface area contributed by atoms with E-state index in [1.54, 1.807) is 0 Å². The summed E-state index contributed by atoms with van der Waals surface area (Å²) >= 11 is 0. The topological polar surface area (TPSA) is 106 Å². The van der Waals surface area contributed by atoms with Crippen LogP contribution in [0, 0.1) is 0 Å². The molecule has 0 amide bonds. The van der Waals surface area contributed by atoms with Crippen molar-refractivity contribution in [1.29, 1.82) is 0 Å². The van der Waals surface area contributed by atoms with Gasteiger partial charge in [0.1, 0.15) is 30.5 Å². The van der Waals surface area contributed by atoms with Gasteiger partial charge in [0, 0.05) is 13.1 Å². The van der Waals surface area contributed by atoms with E-state index in [1.807, 2.05) is 4.90 Å². The van der Waals surface area contributed by atoms with Crippen LogP contribution >= 0.6 is 0 Å². The van der Waals surface area contributed by atoms with E-state index in [0.717, 1.165) is 25.7 Å². The molecule has 2 aliphatic rings. The highest BCUT2D eigenvalue weighted by Crippen LogP contribution is 2.33. The molecule has 1 aliphatic heterocycles. The number of hydrogen-bond donors (Lipinski definition) is 4. The Hall–Kier alpha value is -0.890. The molecule has 1 saturated carbocycles. The van der Waals surface area contributed by atoms with Gasteiger partial charge in [0.05, 0.1) is 0 Å². The van der Waals surface area contributed by atoms with Crippen LogP contribution in [0.2, 0.25) is 0 Å². The lowest BCUT2D eigenvalue weighted by Crippen LogP contribution is -2.65. The Morgan fingerprint density at radius 2 is 1.16 bits per heavy atom. The highest BCUT2D eigenvalue weighted by molar-refractivity contribution is 5.77. The predicted octanol–water partition coefficient (Wildman–Crippen LogP) is 3.37. The van der Waals surface area contributed by atoms with Crippen LogP contribution < -0.4 is 0 Å². The molecule has 0 aromatic heterocycles. The minimum absolute atomic E-state index is 0.441. The lowest BCUT2D eigenvalue weighted by Gasteiger charge is -2.41.